The summed E-state index contributed by atoms with van der Waals surface area (Å²) in [6, 6.07) is 10.2. The number of imide groups is 1. The Balaban J connectivity index is 2.04. The van der Waals surface area contributed by atoms with Gasteiger partial charge < -0.3 is 4.74 Å². The van der Waals surface area contributed by atoms with Crippen LogP contribution in [0.1, 0.15) is 16.7 Å². The molecule has 2 amide bonds. The van der Waals surface area contributed by atoms with E-state index in [1.165, 1.54) is 13.2 Å². The Morgan fingerprint density at radius 3 is 2.24 bits per heavy atom. The summed E-state index contributed by atoms with van der Waals surface area (Å²) < 4.78 is 5.10. The first-order valence-electron chi connectivity index (χ1n) is 7.55. The molecule has 0 bridgehead atoms. The van der Waals surface area contributed by atoms with Crippen LogP contribution in [0.4, 0.5) is 5.69 Å². The Morgan fingerprint density at radius 2 is 1.64 bits per heavy atom. The lowest BCUT2D eigenvalue weighted by Gasteiger charge is -2.16. The molecule has 0 spiro atoms. The predicted octanol–water partition coefficient (Wildman–Crippen LogP) is 4.49. The number of halogens is 2. The lowest BCUT2D eigenvalue weighted by atomic mass is 10.0. The van der Waals surface area contributed by atoms with Crippen LogP contribution in [0.3, 0.4) is 0 Å². The van der Waals surface area contributed by atoms with Gasteiger partial charge in [0.2, 0.25) is 0 Å². The van der Waals surface area contributed by atoms with E-state index in [0.29, 0.717) is 22.0 Å². The second kappa shape index (κ2) is 6.54. The van der Waals surface area contributed by atoms with Crippen LogP contribution >= 0.6 is 23.2 Å². The zero-order valence-electron chi connectivity index (χ0n) is 13.9. The fraction of sp³-hybridized carbons (Fsp3) is 0.158. The SMILES string of the molecule is COc1ccc(N2C(=O)C(Cl)=C(c3ccc(C)c(C)c3)C2=O)cc1Cl. The molecule has 0 saturated carbocycles. The molecule has 0 N–H and O–H groups in total. The third kappa shape index (κ3) is 2.92. The first-order valence-corrected chi connectivity index (χ1v) is 8.30. The molecule has 0 unspecified atom stereocenters. The van der Waals surface area contributed by atoms with Gasteiger partial charge in [0.15, 0.2) is 0 Å². The van der Waals surface area contributed by atoms with Crippen molar-refractivity contribution in [1.82, 2.24) is 0 Å². The van der Waals surface area contributed by atoms with Crippen molar-refractivity contribution in [1.29, 1.82) is 0 Å². The number of carbonyl (C=O) groups is 2. The lowest BCUT2D eigenvalue weighted by Crippen LogP contribution is -2.31. The Morgan fingerprint density at radius 1 is 0.920 bits per heavy atom. The van der Waals surface area contributed by atoms with Crippen molar-refractivity contribution < 1.29 is 14.3 Å². The Labute approximate surface area is 155 Å². The highest BCUT2D eigenvalue weighted by molar-refractivity contribution is 6.60. The predicted molar refractivity (Wildman–Crippen MR) is 99.2 cm³/mol. The third-order valence-electron chi connectivity index (χ3n) is 4.22. The molecule has 25 heavy (non-hydrogen) atoms. The number of rotatable bonds is 3. The van der Waals surface area contributed by atoms with Crippen LogP contribution in [0.2, 0.25) is 5.02 Å². The van der Waals surface area contributed by atoms with Gasteiger partial charge in [0, 0.05) is 0 Å². The smallest absolute Gasteiger partial charge is 0.277 e. The summed E-state index contributed by atoms with van der Waals surface area (Å²) in [5.74, 6) is -0.585. The minimum Gasteiger partial charge on any atom is -0.495 e. The molecule has 0 fully saturated rings. The summed E-state index contributed by atoms with van der Waals surface area (Å²) in [5.41, 5.74) is 3.27. The van der Waals surface area contributed by atoms with Crippen LogP contribution < -0.4 is 9.64 Å². The number of amides is 2. The van der Waals surface area contributed by atoms with Gasteiger partial charge in [-0.3, -0.25) is 9.59 Å². The van der Waals surface area contributed by atoms with E-state index in [1.807, 2.05) is 26.0 Å². The number of nitrogens with zero attached hydrogens (tertiary/aromatic N) is 1. The topological polar surface area (TPSA) is 46.6 Å². The average molecular weight is 376 g/mol. The number of benzene rings is 2. The lowest BCUT2D eigenvalue weighted by molar-refractivity contribution is -0.119. The normalized spacial score (nSPS) is 14.5. The second-order valence-electron chi connectivity index (χ2n) is 5.75. The zero-order chi connectivity index (χ0) is 18.3. The van der Waals surface area contributed by atoms with Gasteiger partial charge in [-0.1, -0.05) is 41.4 Å². The summed E-state index contributed by atoms with van der Waals surface area (Å²) in [6.45, 7) is 3.91. The van der Waals surface area contributed by atoms with Gasteiger partial charge in [0.1, 0.15) is 10.8 Å². The van der Waals surface area contributed by atoms with Crippen molar-refractivity contribution in [3.63, 3.8) is 0 Å². The molecule has 1 aliphatic rings. The maximum Gasteiger partial charge on any atom is 0.277 e. The molecule has 1 aliphatic heterocycles. The fourth-order valence-corrected chi connectivity index (χ4v) is 3.21. The minimum absolute atomic E-state index is 0.0970. The fourth-order valence-electron chi connectivity index (χ4n) is 2.68. The highest BCUT2D eigenvalue weighted by Crippen LogP contribution is 2.37. The van der Waals surface area contributed by atoms with E-state index in [4.69, 9.17) is 27.9 Å². The molecular weight excluding hydrogens is 361 g/mol. The molecular formula is C19H15Cl2NO3. The monoisotopic (exact) mass is 375 g/mol. The highest BCUT2D eigenvalue weighted by atomic mass is 35.5. The highest BCUT2D eigenvalue weighted by Gasteiger charge is 2.39. The van der Waals surface area contributed by atoms with Crippen molar-refractivity contribution in [3.05, 3.63) is 63.1 Å². The number of anilines is 1. The van der Waals surface area contributed by atoms with E-state index >= 15 is 0 Å². The molecule has 0 aliphatic carbocycles. The minimum atomic E-state index is -0.568. The van der Waals surface area contributed by atoms with Gasteiger partial charge in [-0.2, -0.15) is 0 Å². The number of carbonyl (C=O) groups excluding carboxylic acids is 2. The summed E-state index contributed by atoms with van der Waals surface area (Å²) in [6.07, 6.45) is 0. The first kappa shape index (κ1) is 17.5. The van der Waals surface area contributed by atoms with Crippen LogP contribution in [0.5, 0.6) is 5.75 Å². The molecule has 6 heteroatoms. The van der Waals surface area contributed by atoms with Gasteiger partial charge >= 0.3 is 0 Å². The van der Waals surface area contributed by atoms with Crippen LogP contribution in [-0.4, -0.2) is 18.9 Å². The van der Waals surface area contributed by atoms with Crippen molar-refractivity contribution in [2.24, 2.45) is 0 Å². The van der Waals surface area contributed by atoms with Gasteiger partial charge in [-0.15, -0.1) is 0 Å². The Kier molecular flexibility index (Phi) is 4.58. The van der Waals surface area contributed by atoms with E-state index in [-0.39, 0.29) is 10.6 Å². The molecule has 0 radical (unpaired) electrons. The standard InChI is InChI=1S/C19H15Cl2NO3/c1-10-4-5-12(8-11(10)2)16-17(21)19(24)22(18(16)23)13-6-7-15(25-3)14(20)9-13/h4-9H,1-3H3. The van der Waals surface area contributed by atoms with Gasteiger partial charge in [-0.05, 0) is 48.7 Å². The number of aryl methyl sites for hydroxylation is 2. The molecule has 2 aromatic carbocycles. The molecule has 128 valence electrons. The van der Waals surface area contributed by atoms with Gasteiger partial charge in [0.05, 0.1) is 23.4 Å². The Bertz CT molecular complexity index is 934. The molecule has 1 heterocycles. The zero-order valence-corrected chi connectivity index (χ0v) is 15.4. The molecule has 0 aromatic heterocycles. The Hall–Kier alpha value is -2.30. The molecule has 4 nitrogen and oxygen atoms in total. The summed E-state index contributed by atoms with van der Waals surface area (Å²) in [7, 11) is 1.49. The van der Waals surface area contributed by atoms with E-state index in [0.717, 1.165) is 16.0 Å². The summed E-state index contributed by atoms with van der Waals surface area (Å²) in [4.78, 5) is 26.5. The van der Waals surface area contributed by atoms with E-state index in [1.54, 1.807) is 18.2 Å². The quantitative estimate of drug-likeness (QED) is 0.742. The van der Waals surface area contributed by atoms with Crippen molar-refractivity contribution in [2.45, 2.75) is 13.8 Å². The van der Waals surface area contributed by atoms with Crippen LogP contribution in [0, 0.1) is 13.8 Å². The second-order valence-corrected chi connectivity index (χ2v) is 6.54. The summed E-state index contributed by atoms with van der Waals surface area (Å²) >= 11 is 12.3. The van der Waals surface area contributed by atoms with E-state index in [9.17, 15) is 9.59 Å². The number of hydrogen-bond donors (Lipinski definition) is 0. The maximum atomic E-state index is 12.9. The molecule has 3 rings (SSSR count). The average Bonchev–Trinajstić information content (AvgIpc) is 2.80. The number of methoxy groups -OCH3 is 1. The van der Waals surface area contributed by atoms with E-state index in [2.05, 4.69) is 0 Å². The van der Waals surface area contributed by atoms with Crippen LogP contribution in [0.25, 0.3) is 5.57 Å². The summed E-state index contributed by atoms with van der Waals surface area (Å²) in [5, 5.41) is 0.205. The van der Waals surface area contributed by atoms with Gasteiger partial charge in [-0.25, -0.2) is 4.90 Å². The van der Waals surface area contributed by atoms with E-state index < -0.39 is 11.8 Å². The first-order chi connectivity index (χ1) is 11.8. The van der Waals surface area contributed by atoms with Crippen molar-refractivity contribution in [3.8, 4) is 5.75 Å². The molecule has 0 atom stereocenters. The maximum absolute atomic E-state index is 12.9. The third-order valence-corrected chi connectivity index (χ3v) is 4.86. The van der Waals surface area contributed by atoms with Crippen LogP contribution in [-0.2, 0) is 9.59 Å². The molecule has 0 saturated heterocycles. The van der Waals surface area contributed by atoms with Crippen LogP contribution in [0.15, 0.2) is 41.4 Å². The largest absolute Gasteiger partial charge is 0.495 e. The van der Waals surface area contributed by atoms with Crippen molar-refractivity contribution in [2.75, 3.05) is 12.0 Å². The van der Waals surface area contributed by atoms with Crippen molar-refractivity contribution >= 4 is 46.3 Å². The van der Waals surface area contributed by atoms with Gasteiger partial charge in [0.25, 0.3) is 11.8 Å². The number of ether oxygens (including phenoxy) is 1. The number of hydrogen-bond acceptors (Lipinski definition) is 3. The molecule has 2 aromatic rings.